The molecule has 1 amide bonds. The van der Waals surface area contributed by atoms with Gasteiger partial charge in [0.2, 0.25) is 5.43 Å². The zero-order chi connectivity index (χ0) is 22.5. The van der Waals surface area contributed by atoms with Crippen LogP contribution in [-0.4, -0.2) is 34.6 Å². The molecule has 164 valence electrons. The molecule has 0 spiro atoms. The molecule has 0 fully saturated rings. The van der Waals surface area contributed by atoms with Crippen LogP contribution < -0.4 is 15.5 Å². The number of aliphatic carboxylic acids is 1. The van der Waals surface area contributed by atoms with Crippen LogP contribution in [0.3, 0.4) is 0 Å². The van der Waals surface area contributed by atoms with Gasteiger partial charge in [0.25, 0.3) is 5.91 Å². The minimum absolute atomic E-state index is 0.0121. The first-order chi connectivity index (χ1) is 14.8. The van der Waals surface area contributed by atoms with Crippen molar-refractivity contribution < 1.29 is 23.8 Å². The molecule has 0 aliphatic rings. The van der Waals surface area contributed by atoms with E-state index in [0.717, 1.165) is 11.3 Å². The van der Waals surface area contributed by atoms with Crippen molar-refractivity contribution in [1.82, 2.24) is 10.3 Å². The maximum atomic E-state index is 13.0. The number of carboxylic acids is 1. The topological polar surface area (TPSA) is 119 Å². The minimum atomic E-state index is -0.906. The standard InChI is InChI=1S/C22H24N2O6S/c1-4-14-8-15-18(29-10-16(20(15)27)22-24-12(2)11-31-22)9-17(14)30-13(3)21(28)23-7-5-6-19(25)26/h8-11,13H,4-7H2,1-3H3,(H,23,28)(H,25,26)/t13-/m0/s1. The van der Waals surface area contributed by atoms with Gasteiger partial charge in [0.15, 0.2) is 6.10 Å². The SMILES string of the molecule is CCc1cc2c(=O)c(-c3nc(C)cs3)coc2cc1O[C@@H](C)C(=O)NCCCC(=O)O. The van der Waals surface area contributed by atoms with Crippen LogP contribution in [0.25, 0.3) is 21.5 Å². The summed E-state index contributed by atoms with van der Waals surface area (Å²) >= 11 is 1.39. The smallest absolute Gasteiger partial charge is 0.303 e. The van der Waals surface area contributed by atoms with Gasteiger partial charge < -0.3 is 19.6 Å². The van der Waals surface area contributed by atoms with Crippen LogP contribution in [0.5, 0.6) is 5.75 Å². The summed E-state index contributed by atoms with van der Waals surface area (Å²) in [7, 11) is 0. The molecule has 0 radical (unpaired) electrons. The van der Waals surface area contributed by atoms with Gasteiger partial charge in [-0.25, -0.2) is 4.98 Å². The van der Waals surface area contributed by atoms with Gasteiger partial charge in [-0.1, -0.05) is 6.92 Å². The van der Waals surface area contributed by atoms with Gasteiger partial charge in [-0.3, -0.25) is 14.4 Å². The van der Waals surface area contributed by atoms with E-state index in [0.29, 0.717) is 40.1 Å². The molecular formula is C22H24N2O6S. The third-order valence-corrected chi connectivity index (χ3v) is 5.72. The third kappa shape index (κ3) is 5.29. The molecule has 2 heterocycles. The van der Waals surface area contributed by atoms with E-state index in [1.54, 1.807) is 19.1 Å². The van der Waals surface area contributed by atoms with Crippen molar-refractivity contribution in [2.75, 3.05) is 6.54 Å². The van der Waals surface area contributed by atoms with Crippen molar-refractivity contribution in [1.29, 1.82) is 0 Å². The van der Waals surface area contributed by atoms with E-state index in [1.807, 2.05) is 19.2 Å². The number of nitrogens with zero attached hydrogens (tertiary/aromatic N) is 1. The predicted octanol–water partition coefficient (Wildman–Crippen LogP) is 3.54. The van der Waals surface area contributed by atoms with Gasteiger partial charge in [-0.05, 0) is 38.3 Å². The number of carboxylic acid groups (broad SMARTS) is 1. The molecular weight excluding hydrogens is 420 g/mol. The predicted molar refractivity (Wildman–Crippen MR) is 118 cm³/mol. The van der Waals surface area contributed by atoms with E-state index < -0.39 is 12.1 Å². The molecule has 1 aromatic carbocycles. The molecule has 3 rings (SSSR count). The molecule has 3 aromatic rings. The highest BCUT2D eigenvalue weighted by atomic mass is 32.1. The Hall–Kier alpha value is -3.20. The van der Waals surface area contributed by atoms with Crippen molar-refractivity contribution in [3.63, 3.8) is 0 Å². The van der Waals surface area contributed by atoms with Crippen LogP contribution in [0.2, 0.25) is 0 Å². The van der Waals surface area contributed by atoms with Crippen molar-refractivity contribution in [3.8, 4) is 16.3 Å². The first kappa shape index (κ1) is 22.5. The molecule has 0 saturated heterocycles. The molecule has 0 aliphatic carbocycles. The van der Waals surface area contributed by atoms with E-state index in [1.165, 1.54) is 17.6 Å². The van der Waals surface area contributed by atoms with Gasteiger partial charge in [0, 0.05) is 30.1 Å². The number of carbonyl (C=O) groups excluding carboxylic acids is 1. The van der Waals surface area contributed by atoms with Gasteiger partial charge >= 0.3 is 5.97 Å². The van der Waals surface area contributed by atoms with Gasteiger partial charge in [-0.15, -0.1) is 11.3 Å². The van der Waals surface area contributed by atoms with Crippen LogP contribution >= 0.6 is 11.3 Å². The fourth-order valence-electron chi connectivity index (χ4n) is 3.05. The lowest BCUT2D eigenvalue weighted by molar-refractivity contribution is -0.137. The van der Waals surface area contributed by atoms with E-state index in [4.69, 9.17) is 14.3 Å². The Morgan fingerprint density at radius 1 is 1.35 bits per heavy atom. The average Bonchev–Trinajstić information content (AvgIpc) is 3.16. The number of rotatable bonds is 9. The number of thiazole rings is 1. The second-order valence-electron chi connectivity index (χ2n) is 7.13. The fraction of sp³-hybridized carbons (Fsp3) is 0.364. The molecule has 9 heteroatoms. The number of aryl methyl sites for hydroxylation is 2. The average molecular weight is 445 g/mol. The molecule has 8 nitrogen and oxygen atoms in total. The van der Waals surface area contributed by atoms with Crippen LogP contribution in [0.15, 0.2) is 33.0 Å². The van der Waals surface area contributed by atoms with Crippen molar-refractivity contribution in [2.24, 2.45) is 0 Å². The minimum Gasteiger partial charge on any atom is -0.481 e. The number of benzene rings is 1. The summed E-state index contributed by atoms with van der Waals surface area (Å²) in [4.78, 5) is 40.2. The summed E-state index contributed by atoms with van der Waals surface area (Å²) in [5.41, 5.74) is 2.23. The number of nitrogens with one attached hydrogen (secondary N) is 1. The van der Waals surface area contributed by atoms with E-state index >= 15 is 0 Å². The summed E-state index contributed by atoms with van der Waals surface area (Å²) in [6.07, 6.45) is 1.53. The zero-order valence-electron chi connectivity index (χ0n) is 17.6. The van der Waals surface area contributed by atoms with E-state index in [2.05, 4.69) is 10.3 Å². The third-order valence-electron chi connectivity index (χ3n) is 4.73. The summed E-state index contributed by atoms with van der Waals surface area (Å²) in [5.74, 6) is -0.787. The second-order valence-corrected chi connectivity index (χ2v) is 7.99. The summed E-state index contributed by atoms with van der Waals surface area (Å²) < 4.78 is 11.5. The Morgan fingerprint density at radius 3 is 2.77 bits per heavy atom. The molecule has 31 heavy (non-hydrogen) atoms. The zero-order valence-corrected chi connectivity index (χ0v) is 18.4. The highest BCUT2D eigenvalue weighted by Gasteiger charge is 2.19. The molecule has 0 unspecified atom stereocenters. The van der Waals surface area contributed by atoms with Crippen LogP contribution in [-0.2, 0) is 16.0 Å². The monoisotopic (exact) mass is 444 g/mol. The Labute approximate surface area is 182 Å². The molecule has 2 N–H and O–H groups in total. The number of carbonyl (C=O) groups is 2. The Balaban J connectivity index is 1.82. The van der Waals surface area contributed by atoms with Crippen LogP contribution in [0.4, 0.5) is 0 Å². The largest absolute Gasteiger partial charge is 0.481 e. The van der Waals surface area contributed by atoms with E-state index in [-0.39, 0.29) is 24.3 Å². The normalized spacial score (nSPS) is 12.0. The first-order valence-electron chi connectivity index (χ1n) is 9.97. The number of fused-ring (bicyclic) bond motifs is 1. The maximum absolute atomic E-state index is 13.0. The van der Waals surface area contributed by atoms with Crippen LogP contribution in [0.1, 0.15) is 37.9 Å². The fourth-order valence-corrected chi connectivity index (χ4v) is 3.85. The molecule has 0 bridgehead atoms. The number of hydrogen-bond donors (Lipinski definition) is 2. The number of aromatic nitrogens is 1. The van der Waals surface area contributed by atoms with Crippen molar-refractivity contribution in [2.45, 2.75) is 46.1 Å². The highest BCUT2D eigenvalue weighted by Crippen LogP contribution is 2.29. The molecule has 1 atom stereocenters. The van der Waals surface area contributed by atoms with Gasteiger partial charge in [0.05, 0.1) is 10.9 Å². The Kier molecular flexibility index (Phi) is 7.06. The Morgan fingerprint density at radius 2 is 2.13 bits per heavy atom. The van der Waals surface area contributed by atoms with Crippen molar-refractivity contribution >= 4 is 34.2 Å². The number of ether oxygens (including phenoxy) is 1. The maximum Gasteiger partial charge on any atom is 0.303 e. The summed E-state index contributed by atoms with van der Waals surface area (Å²) in [5, 5.41) is 14.2. The quantitative estimate of drug-likeness (QED) is 0.485. The molecule has 0 aliphatic heterocycles. The summed E-state index contributed by atoms with van der Waals surface area (Å²) in [6.45, 7) is 5.66. The number of amides is 1. The van der Waals surface area contributed by atoms with E-state index in [9.17, 15) is 14.4 Å². The molecule has 2 aromatic heterocycles. The Bertz CT molecular complexity index is 1170. The van der Waals surface area contributed by atoms with Gasteiger partial charge in [0.1, 0.15) is 22.6 Å². The lowest BCUT2D eigenvalue weighted by atomic mass is 10.1. The first-order valence-corrected chi connectivity index (χ1v) is 10.8. The second kappa shape index (κ2) is 9.74. The molecule has 0 saturated carbocycles. The lowest BCUT2D eigenvalue weighted by Gasteiger charge is -2.17. The lowest BCUT2D eigenvalue weighted by Crippen LogP contribution is -2.37. The van der Waals surface area contributed by atoms with Gasteiger partial charge in [-0.2, -0.15) is 0 Å². The number of hydrogen-bond acceptors (Lipinski definition) is 7. The van der Waals surface area contributed by atoms with Crippen molar-refractivity contribution in [3.05, 3.63) is 45.3 Å². The van der Waals surface area contributed by atoms with Crippen LogP contribution in [0, 0.1) is 6.92 Å². The highest BCUT2D eigenvalue weighted by molar-refractivity contribution is 7.13. The summed E-state index contributed by atoms with van der Waals surface area (Å²) in [6, 6.07) is 3.36.